The van der Waals surface area contributed by atoms with Crippen molar-refractivity contribution in [1.82, 2.24) is 10.2 Å². The number of hydrogen-bond donors (Lipinski definition) is 2. The average Bonchev–Trinajstić information content (AvgIpc) is 2.47. The molecule has 1 aromatic carbocycles. The molecule has 3 N–H and O–H groups in total. The van der Waals surface area contributed by atoms with Gasteiger partial charge in [-0.3, -0.25) is 14.9 Å². The summed E-state index contributed by atoms with van der Waals surface area (Å²) < 4.78 is 0. The van der Waals surface area contributed by atoms with E-state index < -0.39 is 4.92 Å². The van der Waals surface area contributed by atoms with Crippen LogP contribution in [-0.4, -0.2) is 41.4 Å². The zero-order valence-corrected chi connectivity index (χ0v) is 12.0. The Morgan fingerprint density at radius 3 is 3.00 bits per heavy atom. The first-order valence-corrected chi connectivity index (χ1v) is 7.10. The number of piperazine rings is 1. The van der Waals surface area contributed by atoms with Gasteiger partial charge in [0.2, 0.25) is 0 Å². The predicted molar refractivity (Wildman–Crippen MR) is 80.1 cm³/mol. The number of nitrogens with two attached hydrogens (primary N) is 1. The number of carbonyl (C=O) groups is 1. The molecule has 0 saturated carbocycles. The molecule has 7 nitrogen and oxygen atoms in total. The number of nitrogens with one attached hydrogen (secondary N) is 1. The number of rotatable bonds is 4. The van der Waals surface area contributed by atoms with Gasteiger partial charge in [-0.2, -0.15) is 0 Å². The van der Waals surface area contributed by atoms with Gasteiger partial charge < -0.3 is 16.0 Å². The van der Waals surface area contributed by atoms with Gasteiger partial charge in [0.15, 0.2) is 0 Å². The number of anilines is 1. The highest BCUT2D eigenvalue weighted by Crippen LogP contribution is 2.23. The number of benzene rings is 1. The van der Waals surface area contributed by atoms with E-state index in [0.717, 1.165) is 25.9 Å². The van der Waals surface area contributed by atoms with E-state index in [1.807, 2.05) is 0 Å². The number of nitrogens with zero attached hydrogens (tertiary/aromatic N) is 2. The fourth-order valence-electron chi connectivity index (χ4n) is 2.62. The smallest absolute Gasteiger partial charge is 0.270 e. The van der Waals surface area contributed by atoms with Gasteiger partial charge in [-0.25, -0.2) is 0 Å². The van der Waals surface area contributed by atoms with Gasteiger partial charge in [-0.1, -0.05) is 13.3 Å². The van der Waals surface area contributed by atoms with Crippen LogP contribution in [0.15, 0.2) is 18.2 Å². The zero-order valence-electron chi connectivity index (χ0n) is 12.0. The monoisotopic (exact) mass is 292 g/mol. The van der Waals surface area contributed by atoms with E-state index in [1.165, 1.54) is 18.2 Å². The molecule has 1 unspecified atom stereocenters. The molecule has 1 atom stereocenters. The van der Waals surface area contributed by atoms with E-state index in [4.69, 9.17) is 5.73 Å². The largest absolute Gasteiger partial charge is 0.398 e. The van der Waals surface area contributed by atoms with Gasteiger partial charge in [0, 0.05) is 43.5 Å². The van der Waals surface area contributed by atoms with Gasteiger partial charge in [-0.05, 0) is 12.5 Å². The van der Waals surface area contributed by atoms with Crippen LogP contribution < -0.4 is 11.1 Å². The van der Waals surface area contributed by atoms with Crippen LogP contribution in [0.3, 0.4) is 0 Å². The fraction of sp³-hybridized carbons (Fsp3) is 0.500. The average molecular weight is 292 g/mol. The van der Waals surface area contributed by atoms with Crippen LogP contribution in [-0.2, 0) is 0 Å². The van der Waals surface area contributed by atoms with Gasteiger partial charge in [0.25, 0.3) is 11.6 Å². The van der Waals surface area contributed by atoms with Crippen LogP contribution in [0.25, 0.3) is 0 Å². The maximum absolute atomic E-state index is 12.7. The molecule has 1 aliphatic rings. The second-order valence-corrected chi connectivity index (χ2v) is 5.17. The van der Waals surface area contributed by atoms with E-state index in [9.17, 15) is 14.9 Å². The number of hydrogen-bond acceptors (Lipinski definition) is 5. The first-order chi connectivity index (χ1) is 10.0. The highest BCUT2D eigenvalue weighted by Gasteiger charge is 2.28. The van der Waals surface area contributed by atoms with Gasteiger partial charge in [0.1, 0.15) is 0 Å². The van der Waals surface area contributed by atoms with E-state index in [2.05, 4.69) is 12.2 Å². The van der Waals surface area contributed by atoms with Crippen LogP contribution in [0.1, 0.15) is 30.1 Å². The Morgan fingerprint density at radius 1 is 1.57 bits per heavy atom. The van der Waals surface area contributed by atoms with Gasteiger partial charge in [-0.15, -0.1) is 0 Å². The Hall–Kier alpha value is -2.15. The van der Waals surface area contributed by atoms with Crippen molar-refractivity contribution in [3.05, 3.63) is 33.9 Å². The van der Waals surface area contributed by atoms with Crippen LogP contribution in [0.2, 0.25) is 0 Å². The van der Waals surface area contributed by atoms with Crippen LogP contribution in [0.4, 0.5) is 11.4 Å². The van der Waals surface area contributed by atoms with E-state index >= 15 is 0 Å². The zero-order chi connectivity index (χ0) is 15.4. The summed E-state index contributed by atoms with van der Waals surface area (Å²) in [6.45, 7) is 4.12. The molecule has 21 heavy (non-hydrogen) atoms. The summed E-state index contributed by atoms with van der Waals surface area (Å²) in [6.07, 6.45) is 1.87. The molecule has 7 heteroatoms. The van der Waals surface area contributed by atoms with Gasteiger partial charge >= 0.3 is 0 Å². The molecule has 2 rings (SSSR count). The summed E-state index contributed by atoms with van der Waals surface area (Å²) in [5, 5.41) is 14.1. The van der Waals surface area contributed by atoms with E-state index in [-0.39, 0.29) is 28.9 Å². The van der Waals surface area contributed by atoms with Crippen LogP contribution in [0, 0.1) is 10.1 Å². The Morgan fingerprint density at radius 2 is 2.33 bits per heavy atom. The summed E-state index contributed by atoms with van der Waals surface area (Å²) in [5.74, 6) is -0.226. The highest BCUT2D eigenvalue weighted by atomic mass is 16.6. The lowest BCUT2D eigenvalue weighted by Crippen LogP contribution is -2.53. The molecule has 0 aromatic heterocycles. The maximum atomic E-state index is 12.7. The number of non-ortho nitro benzene ring substituents is 1. The standard InChI is InChI=1S/C14H20N4O3/c1-2-3-11-9-16-6-7-17(11)14(19)12-8-10(18(20)21)4-5-13(12)15/h4-5,8,11,16H,2-3,6-7,9,15H2,1H3. The molecule has 1 amide bonds. The fourth-order valence-corrected chi connectivity index (χ4v) is 2.62. The molecule has 0 radical (unpaired) electrons. The first kappa shape index (κ1) is 15.2. The molecule has 1 fully saturated rings. The van der Waals surface area contributed by atoms with Crippen molar-refractivity contribution in [3.63, 3.8) is 0 Å². The predicted octanol–water partition coefficient (Wildman–Crippen LogP) is 1.39. The van der Waals surface area contributed by atoms with Crippen molar-refractivity contribution in [2.24, 2.45) is 0 Å². The molecular formula is C14H20N4O3. The van der Waals surface area contributed by atoms with Crippen molar-refractivity contribution in [1.29, 1.82) is 0 Å². The Balaban J connectivity index is 2.29. The quantitative estimate of drug-likeness (QED) is 0.496. The summed E-state index contributed by atoms with van der Waals surface area (Å²) in [6, 6.07) is 4.10. The van der Waals surface area contributed by atoms with Crippen LogP contribution in [0.5, 0.6) is 0 Å². The lowest BCUT2D eigenvalue weighted by molar-refractivity contribution is -0.384. The third-order valence-corrected chi connectivity index (χ3v) is 3.71. The first-order valence-electron chi connectivity index (χ1n) is 7.10. The van der Waals surface area contributed by atoms with Gasteiger partial charge in [0.05, 0.1) is 10.5 Å². The van der Waals surface area contributed by atoms with E-state index in [1.54, 1.807) is 4.90 Å². The summed E-state index contributed by atoms with van der Waals surface area (Å²) in [5.41, 5.74) is 6.21. The lowest BCUT2D eigenvalue weighted by Gasteiger charge is -2.36. The summed E-state index contributed by atoms with van der Waals surface area (Å²) >= 11 is 0. The molecule has 0 spiro atoms. The Bertz CT molecular complexity index is 545. The number of nitro benzene ring substituents is 1. The summed E-state index contributed by atoms with van der Waals surface area (Å²) in [7, 11) is 0. The molecule has 114 valence electrons. The summed E-state index contributed by atoms with van der Waals surface area (Å²) in [4.78, 5) is 24.8. The number of amides is 1. The van der Waals surface area contributed by atoms with E-state index in [0.29, 0.717) is 6.54 Å². The normalized spacial score (nSPS) is 18.5. The van der Waals surface area contributed by atoms with Crippen LogP contribution >= 0.6 is 0 Å². The third kappa shape index (κ3) is 3.30. The van der Waals surface area contributed by atoms with Crippen molar-refractivity contribution in [2.75, 3.05) is 25.4 Å². The Kier molecular flexibility index (Phi) is 4.74. The maximum Gasteiger partial charge on any atom is 0.270 e. The second kappa shape index (κ2) is 6.53. The SMILES string of the molecule is CCCC1CNCCN1C(=O)c1cc([N+](=O)[O-])ccc1N. The highest BCUT2D eigenvalue weighted by molar-refractivity contribution is 6.00. The van der Waals surface area contributed by atoms with Crippen molar-refractivity contribution in [2.45, 2.75) is 25.8 Å². The molecule has 0 aliphatic carbocycles. The number of nitrogen functional groups attached to an aromatic ring is 1. The molecule has 1 aliphatic heterocycles. The van der Waals surface area contributed by atoms with Crippen molar-refractivity contribution in [3.8, 4) is 0 Å². The molecule has 0 bridgehead atoms. The second-order valence-electron chi connectivity index (χ2n) is 5.17. The molecular weight excluding hydrogens is 272 g/mol. The molecule has 1 aromatic rings. The Labute approximate surface area is 123 Å². The minimum atomic E-state index is -0.516. The minimum absolute atomic E-state index is 0.106. The third-order valence-electron chi connectivity index (χ3n) is 3.71. The van der Waals surface area contributed by atoms with Crippen molar-refractivity contribution >= 4 is 17.3 Å². The molecule has 1 saturated heterocycles. The molecule has 1 heterocycles. The lowest BCUT2D eigenvalue weighted by atomic mass is 10.0. The minimum Gasteiger partial charge on any atom is -0.398 e. The van der Waals surface area contributed by atoms with Crippen molar-refractivity contribution < 1.29 is 9.72 Å². The topological polar surface area (TPSA) is 102 Å². The number of carbonyl (C=O) groups excluding carboxylic acids is 1. The number of nitro groups is 1.